The zero-order chi connectivity index (χ0) is 27.1. The lowest BCUT2D eigenvalue weighted by Gasteiger charge is -2.12. The molecule has 10 heteroatoms. The number of alkyl halides is 3. The zero-order valence-corrected chi connectivity index (χ0v) is 20.6. The summed E-state index contributed by atoms with van der Waals surface area (Å²) in [6.07, 6.45) is -3.32. The Kier molecular flexibility index (Phi) is 5.94. The Morgan fingerprint density at radius 1 is 0.821 bits per heavy atom. The second-order valence-corrected chi connectivity index (χ2v) is 9.17. The van der Waals surface area contributed by atoms with Crippen LogP contribution in [0.3, 0.4) is 0 Å². The molecule has 6 rings (SSSR count). The highest BCUT2D eigenvalue weighted by Crippen LogP contribution is 2.37. The number of pyridine rings is 1. The predicted octanol–water partition coefficient (Wildman–Crippen LogP) is 6.54. The number of aromatic nitrogens is 4. The number of hydrogen-bond donors (Lipinski definition) is 0. The van der Waals surface area contributed by atoms with E-state index in [1.54, 1.807) is 48.5 Å². The third kappa shape index (κ3) is 4.65. The van der Waals surface area contributed by atoms with E-state index < -0.39 is 17.4 Å². The van der Waals surface area contributed by atoms with E-state index in [0.717, 1.165) is 21.8 Å². The number of nitrogens with zero attached hydrogens (tertiary/aromatic N) is 4. The molecule has 0 spiro atoms. The molecule has 0 unspecified atom stereocenters. The van der Waals surface area contributed by atoms with Crippen molar-refractivity contribution in [3.05, 3.63) is 118 Å². The molecule has 0 amide bonds. The van der Waals surface area contributed by atoms with Gasteiger partial charge in [-0.15, -0.1) is 0 Å². The lowest BCUT2D eigenvalue weighted by Crippen LogP contribution is -2.25. The maximum absolute atomic E-state index is 14.5. The molecule has 4 heterocycles. The Morgan fingerprint density at radius 2 is 1.54 bits per heavy atom. The molecule has 2 aromatic carbocycles. The highest BCUT2D eigenvalue weighted by molar-refractivity contribution is 5.81. The Balaban J connectivity index is 1.54. The van der Waals surface area contributed by atoms with Gasteiger partial charge in [0.1, 0.15) is 17.0 Å². The lowest BCUT2D eigenvalue weighted by molar-refractivity contribution is -0.136. The molecule has 6 aromatic rings. The van der Waals surface area contributed by atoms with Crippen LogP contribution >= 0.6 is 0 Å². The van der Waals surface area contributed by atoms with E-state index in [2.05, 4.69) is 10.1 Å². The van der Waals surface area contributed by atoms with Gasteiger partial charge in [-0.25, -0.2) is 9.78 Å². The zero-order valence-electron chi connectivity index (χ0n) is 20.6. The summed E-state index contributed by atoms with van der Waals surface area (Å²) in [5.74, 6) is 0.628. The van der Waals surface area contributed by atoms with Crippen LogP contribution < -0.4 is 5.69 Å². The minimum atomic E-state index is -4.76. The molecular weight excluding hydrogens is 509 g/mol. The maximum atomic E-state index is 14.5. The van der Waals surface area contributed by atoms with Gasteiger partial charge < -0.3 is 8.94 Å². The minimum Gasteiger partial charge on any atom is -0.467 e. The Morgan fingerprint density at radius 3 is 2.23 bits per heavy atom. The van der Waals surface area contributed by atoms with Crippen LogP contribution in [0.4, 0.5) is 13.2 Å². The Bertz CT molecular complexity index is 1810. The highest BCUT2D eigenvalue weighted by Gasteiger charge is 2.37. The fraction of sp³-hybridized carbons (Fsp3) is 0.138. The van der Waals surface area contributed by atoms with E-state index in [1.807, 2.05) is 31.2 Å². The van der Waals surface area contributed by atoms with Gasteiger partial charge in [-0.1, -0.05) is 65.3 Å². The molecule has 0 fully saturated rings. The summed E-state index contributed by atoms with van der Waals surface area (Å²) in [6, 6.07) is 22.0. The van der Waals surface area contributed by atoms with Crippen LogP contribution in [-0.2, 0) is 19.3 Å². The first-order chi connectivity index (χ1) is 18.8. The first-order valence-corrected chi connectivity index (χ1v) is 12.1. The molecule has 0 saturated heterocycles. The molecule has 0 atom stereocenters. The SMILES string of the molecule is Cc1ccc(-c2cc(Cn3c(=O)n(Cc4ccco4)c4nc(-c5ccccc5)cc(C(F)(F)F)c43)on2)cc1. The summed E-state index contributed by atoms with van der Waals surface area (Å²) in [7, 11) is 0. The summed E-state index contributed by atoms with van der Waals surface area (Å²) in [5.41, 5.74) is 0.856. The minimum absolute atomic E-state index is 0.0944. The molecule has 0 radical (unpaired) electrons. The third-order valence-electron chi connectivity index (χ3n) is 6.45. The van der Waals surface area contributed by atoms with Crippen molar-refractivity contribution >= 4 is 11.2 Å². The Labute approximate surface area is 219 Å². The summed E-state index contributed by atoms with van der Waals surface area (Å²) in [4.78, 5) is 18.2. The van der Waals surface area contributed by atoms with Crippen LogP contribution in [0, 0.1) is 6.92 Å². The highest BCUT2D eigenvalue weighted by atomic mass is 19.4. The van der Waals surface area contributed by atoms with Gasteiger partial charge in [-0.3, -0.25) is 9.13 Å². The molecule has 0 bridgehead atoms. The average molecular weight is 531 g/mol. The van der Waals surface area contributed by atoms with Crippen molar-refractivity contribution in [3.8, 4) is 22.5 Å². The van der Waals surface area contributed by atoms with Crippen LogP contribution in [0.2, 0.25) is 0 Å². The molecule has 4 aromatic heterocycles. The monoisotopic (exact) mass is 530 g/mol. The van der Waals surface area contributed by atoms with Crippen molar-refractivity contribution in [2.24, 2.45) is 0 Å². The van der Waals surface area contributed by atoms with E-state index in [1.165, 1.54) is 10.8 Å². The number of imidazole rings is 1. The first kappa shape index (κ1) is 24.5. The van der Waals surface area contributed by atoms with Gasteiger partial charge in [0.2, 0.25) is 0 Å². The molecule has 0 aliphatic carbocycles. The van der Waals surface area contributed by atoms with Crippen molar-refractivity contribution in [1.82, 2.24) is 19.3 Å². The second kappa shape index (κ2) is 9.46. The van der Waals surface area contributed by atoms with Gasteiger partial charge in [-0.2, -0.15) is 13.2 Å². The molecular formula is C29H21F3N4O3. The van der Waals surface area contributed by atoms with Gasteiger partial charge >= 0.3 is 11.9 Å². The van der Waals surface area contributed by atoms with Gasteiger partial charge in [0.05, 0.1) is 30.6 Å². The number of halogens is 3. The number of furan rings is 1. The third-order valence-corrected chi connectivity index (χ3v) is 6.45. The summed E-state index contributed by atoms with van der Waals surface area (Å²) in [5, 5.41) is 4.06. The van der Waals surface area contributed by atoms with Crippen molar-refractivity contribution in [1.29, 1.82) is 0 Å². The predicted molar refractivity (Wildman–Crippen MR) is 138 cm³/mol. The normalized spacial score (nSPS) is 11.9. The van der Waals surface area contributed by atoms with Crippen molar-refractivity contribution in [2.45, 2.75) is 26.2 Å². The second-order valence-electron chi connectivity index (χ2n) is 9.17. The van der Waals surface area contributed by atoms with E-state index in [4.69, 9.17) is 8.94 Å². The van der Waals surface area contributed by atoms with Gasteiger partial charge in [-0.05, 0) is 25.1 Å². The molecule has 39 heavy (non-hydrogen) atoms. The molecule has 7 nitrogen and oxygen atoms in total. The summed E-state index contributed by atoms with van der Waals surface area (Å²) in [6.45, 7) is 1.59. The average Bonchev–Trinajstić information content (AvgIpc) is 3.67. The lowest BCUT2D eigenvalue weighted by atomic mass is 10.1. The van der Waals surface area contributed by atoms with Crippen LogP contribution in [0.5, 0.6) is 0 Å². The molecule has 196 valence electrons. The number of aryl methyl sites for hydroxylation is 1. The molecule has 0 aliphatic heterocycles. The number of fused-ring (bicyclic) bond motifs is 1. The largest absolute Gasteiger partial charge is 0.467 e. The van der Waals surface area contributed by atoms with E-state index in [0.29, 0.717) is 17.0 Å². The smallest absolute Gasteiger partial charge is 0.418 e. The van der Waals surface area contributed by atoms with Crippen LogP contribution in [0.1, 0.15) is 22.6 Å². The Hall–Kier alpha value is -4.86. The molecule has 0 saturated carbocycles. The quantitative estimate of drug-likeness (QED) is 0.244. The molecule has 0 aliphatic rings. The van der Waals surface area contributed by atoms with Crippen molar-refractivity contribution < 1.29 is 22.1 Å². The topological polar surface area (TPSA) is 79.0 Å². The number of hydrogen-bond acceptors (Lipinski definition) is 5. The van der Waals surface area contributed by atoms with E-state index in [-0.39, 0.29) is 35.7 Å². The fourth-order valence-electron chi connectivity index (χ4n) is 4.54. The standard InChI is InChI=1S/C29H21F3N4O3/c1-18-9-11-20(12-10-18)25-14-22(39-34-25)17-35-26-23(29(30,31)32)15-24(19-6-3-2-4-7-19)33-27(26)36(28(35)37)16-21-8-5-13-38-21/h2-15H,16-17H2,1H3. The van der Waals surface area contributed by atoms with Crippen LogP contribution in [0.15, 0.2) is 98.9 Å². The summed E-state index contributed by atoms with van der Waals surface area (Å²) < 4.78 is 56.6. The van der Waals surface area contributed by atoms with Crippen LogP contribution in [-0.4, -0.2) is 19.3 Å². The fourth-order valence-corrected chi connectivity index (χ4v) is 4.54. The number of rotatable bonds is 6. The van der Waals surface area contributed by atoms with Crippen molar-refractivity contribution in [2.75, 3.05) is 0 Å². The maximum Gasteiger partial charge on any atom is 0.418 e. The van der Waals surface area contributed by atoms with Gasteiger partial charge in [0.15, 0.2) is 11.4 Å². The van der Waals surface area contributed by atoms with E-state index in [9.17, 15) is 18.0 Å². The van der Waals surface area contributed by atoms with Crippen LogP contribution in [0.25, 0.3) is 33.7 Å². The van der Waals surface area contributed by atoms with Gasteiger partial charge in [0.25, 0.3) is 0 Å². The van der Waals surface area contributed by atoms with Gasteiger partial charge in [0, 0.05) is 17.2 Å². The van der Waals surface area contributed by atoms with E-state index >= 15 is 0 Å². The number of benzene rings is 2. The molecule has 0 N–H and O–H groups in total. The van der Waals surface area contributed by atoms with Crippen molar-refractivity contribution in [3.63, 3.8) is 0 Å². The first-order valence-electron chi connectivity index (χ1n) is 12.1. The summed E-state index contributed by atoms with van der Waals surface area (Å²) >= 11 is 0.